The van der Waals surface area contributed by atoms with E-state index in [2.05, 4.69) is 4.72 Å². The lowest BCUT2D eigenvalue weighted by atomic mass is 10.1. The lowest BCUT2D eigenvalue weighted by molar-refractivity contribution is -0.124. The van der Waals surface area contributed by atoms with Gasteiger partial charge in [0.25, 0.3) is 0 Å². The number of benzene rings is 1. The first-order chi connectivity index (χ1) is 10.7. The maximum atomic E-state index is 12.4. The first-order valence-electron chi connectivity index (χ1n) is 6.76. The van der Waals surface area contributed by atoms with E-state index in [1.54, 1.807) is 6.92 Å². The Morgan fingerprint density at radius 1 is 1.35 bits per heavy atom. The number of esters is 1. The molecule has 0 aliphatic rings. The van der Waals surface area contributed by atoms with E-state index in [-0.39, 0.29) is 23.7 Å². The molecule has 1 unspecified atom stereocenters. The average molecular weight is 344 g/mol. The van der Waals surface area contributed by atoms with E-state index in [0.717, 1.165) is 6.07 Å². The highest BCUT2D eigenvalue weighted by atomic mass is 32.2. The number of hydrogen-bond donors (Lipinski definition) is 2. The van der Waals surface area contributed by atoms with Gasteiger partial charge in [0.2, 0.25) is 15.9 Å². The van der Waals surface area contributed by atoms with Gasteiger partial charge in [-0.1, -0.05) is 6.07 Å². The van der Waals surface area contributed by atoms with Crippen molar-refractivity contribution in [1.82, 2.24) is 4.72 Å². The van der Waals surface area contributed by atoms with Crippen LogP contribution in [0, 0.1) is 0 Å². The van der Waals surface area contributed by atoms with Crippen molar-refractivity contribution in [1.29, 1.82) is 0 Å². The molecule has 1 atom stereocenters. The van der Waals surface area contributed by atoms with Gasteiger partial charge in [0.1, 0.15) is 5.54 Å². The third kappa shape index (κ3) is 4.75. The Kier molecular flexibility index (Phi) is 6.25. The molecule has 0 aromatic heterocycles. The van der Waals surface area contributed by atoms with E-state index in [4.69, 9.17) is 15.2 Å². The zero-order chi connectivity index (χ0) is 17.7. The molecule has 128 valence electrons. The molecule has 0 fully saturated rings. The lowest BCUT2D eigenvalue weighted by Gasteiger charge is -2.26. The fourth-order valence-electron chi connectivity index (χ4n) is 1.80. The third-order valence-electron chi connectivity index (χ3n) is 2.99. The molecule has 1 amide bonds. The first-order valence-corrected chi connectivity index (χ1v) is 8.24. The molecule has 8 nitrogen and oxygen atoms in total. The number of ether oxygens (including phenoxy) is 2. The minimum atomic E-state index is -4.09. The highest BCUT2D eigenvalue weighted by Crippen LogP contribution is 2.16. The van der Waals surface area contributed by atoms with E-state index in [1.165, 1.54) is 32.2 Å². The van der Waals surface area contributed by atoms with E-state index in [0.29, 0.717) is 0 Å². The molecular weight excluding hydrogens is 324 g/mol. The molecule has 0 aliphatic carbocycles. The summed E-state index contributed by atoms with van der Waals surface area (Å²) in [6.45, 7) is 2.88. The Morgan fingerprint density at radius 3 is 2.52 bits per heavy atom. The maximum absolute atomic E-state index is 12.4. The van der Waals surface area contributed by atoms with Gasteiger partial charge in [-0.05, 0) is 32.0 Å². The predicted octanol–water partition coefficient (Wildman–Crippen LogP) is 0.0320. The first kappa shape index (κ1) is 19.1. The van der Waals surface area contributed by atoms with Crippen LogP contribution in [-0.4, -0.2) is 46.2 Å². The number of amides is 1. The highest BCUT2D eigenvalue weighted by molar-refractivity contribution is 7.89. The van der Waals surface area contributed by atoms with Crippen molar-refractivity contribution < 1.29 is 27.5 Å². The van der Waals surface area contributed by atoms with Crippen LogP contribution < -0.4 is 10.5 Å². The Balaban J connectivity index is 3.16. The maximum Gasteiger partial charge on any atom is 0.338 e. The Labute approximate surface area is 135 Å². The second-order valence-corrected chi connectivity index (χ2v) is 6.67. The minimum Gasteiger partial charge on any atom is -0.462 e. The molecule has 0 bridgehead atoms. The van der Waals surface area contributed by atoms with Crippen molar-refractivity contribution in [2.45, 2.75) is 24.3 Å². The molecule has 3 N–H and O–H groups in total. The number of carbonyl (C=O) groups excluding carboxylic acids is 2. The smallest absolute Gasteiger partial charge is 0.338 e. The quantitative estimate of drug-likeness (QED) is 0.641. The summed E-state index contributed by atoms with van der Waals surface area (Å²) in [4.78, 5) is 23.0. The van der Waals surface area contributed by atoms with Crippen molar-refractivity contribution in [2.75, 3.05) is 20.3 Å². The summed E-state index contributed by atoms with van der Waals surface area (Å²) in [6, 6.07) is 5.28. The van der Waals surface area contributed by atoms with Crippen LogP contribution in [-0.2, 0) is 24.3 Å². The molecule has 1 aromatic rings. The van der Waals surface area contributed by atoms with Gasteiger partial charge < -0.3 is 15.2 Å². The van der Waals surface area contributed by atoms with Crippen LogP contribution in [0.5, 0.6) is 0 Å². The van der Waals surface area contributed by atoms with Crippen LogP contribution in [0.25, 0.3) is 0 Å². The number of sulfonamides is 1. The number of primary amides is 1. The largest absolute Gasteiger partial charge is 0.462 e. The lowest BCUT2D eigenvalue weighted by Crippen LogP contribution is -2.58. The summed E-state index contributed by atoms with van der Waals surface area (Å²) < 4.78 is 36.7. The van der Waals surface area contributed by atoms with Crippen LogP contribution in [0.3, 0.4) is 0 Å². The van der Waals surface area contributed by atoms with Crippen LogP contribution in [0.4, 0.5) is 0 Å². The number of nitrogens with two attached hydrogens (primary N) is 1. The van der Waals surface area contributed by atoms with E-state index < -0.39 is 27.4 Å². The summed E-state index contributed by atoms with van der Waals surface area (Å²) in [5.74, 6) is -1.52. The number of hydrogen-bond acceptors (Lipinski definition) is 6. The second kappa shape index (κ2) is 7.53. The molecule has 1 rings (SSSR count). The Hall–Kier alpha value is -1.97. The number of carbonyl (C=O) groups is 2. The molecule has 1 aromatic carbocycles. The molecule has 0 radical (unpaired) electrons. The predicted molar refractivity (Wildman–Crippen MR) is 82.2 cm³/mol. The van der Waals surface area contributed by atoms with E-state index >= 15 is 0 Å². The molecule has 9 heteroatoms. The van der Waals surface area contributed by atoms with Gasteiger partial charge in [0.05, 0.1) is 23.7 Å². The monoisotopic (exact) mass is 344 g/mol. The van der Waals surface area contributed by atoms with Crippen molar-refractivity contribution in [3.05, 3.63) is 29.8 Å². The van der Waals surface area contributed by atoms with E-state index in [1.807, 2.05) is 0 Å². The number of rotatable bonds is 8. The Bertz CT molecular complexity index is 688. The van der Waals surface area contributed by atoms with Crippen LogP contribution in [0.2, 0.25) is 0 Å². The Morgan fingerprint density at radius 2 is 2.00 bits per heavy atom. The summed E-state index contributed by atoms with van der Waals surface area (Å²) in [5, 5.41) is 0. The topological polar surface area (TPSA) is 125 Å². The average Bonchev–Trinajstić information content (AvgIpc) is 2.47. The standard InChI is InChI=1S/C14H20N2O6S/c1-4-22-12(17)10-6-5-7-11(8-10)23(19,20)16-14(2,9-21-3)13(15)18/h5-8,16H,4,9H2,1-3H3,(H2,15,18). The normalized spacial score (nSPS) is 14.0. The van der Waals surface area contributed by atoms with Crippen molar-refractivity contribution in [3.63, 3.8) is 0 Å². The zero-order valence-corrected chi connectivity index (χ0v) is 14.0. The van der Waals surface area contributed by atoms with Gasteiger partial charge in [0, 0.05) is 7.11 Å². The highest BCUT2D eigenvalue weighted by Gasteiger charge is 2.36. The van der Waals surface area contributed by atoms with Gasteiger partial charge in [-0.25, -0.2) is 13.2 Å². The van der Waals surface area contributed by atoms with E-state index in [9.17, 15) is 18.0 Å². The molecule has 0 saturated carbocycles. The van der Waals surface area contributed by atoms with Gasteiger partial charge in [0.15, 0.2) is 0 Å². The fourth-order valence-corrected chi connectivity index (χ4v) is 3.21. The summed E-state index contributed by atoms with van der Waals surface area (Å²) in [6.07, 6.45) is 0. The second-order valence-electron chi connectivity index (χ2n) is 4.98. The van der Waals surface area contributed by atoms with Gasteiger partial charge in [-0.3, -0.25) is 4.79 Å². The van der Waals surface area contributed by atoms with Gasteiger partial charge in [-0.15, -0.1) is 0 Å². The van der Waals surface area contributed by atoms with Crippen molar-refractivity contribution in [2.24, 2.45) is 5.73 Å². The summed E-state index contributed by atoms with van der Waals surface area (Å²) >= 11 is 0. The number of nitrogens with one attached hydrogen (secondary N) is 1. The molecule has 23 heavy (non-hydrogen) atoms. The van der Waals surface area contributed by atoms with Crippen LogP contribution >= 0.6 is 0 Å². The van der Waals surface area contributed by atoms with Crippen LogP contribution in [0.1, 0.15) is 24.2 Å². The summed E-state index contributed by atoms with van der Waals surface area (Å²) in [7, 11) is -2.78. The zero-order valence-electron chi connectivity index (χ0n) is 13.2. The molecule has 0 heterocycles. The number of methoxy groups -OCH3 is 1. The molecule has 0 spiro atoms. The van der Waals surface area contributed by atoms with Gasteiger partial charge in [-0.2, -0.15) is 4.72 Å². The van der Waals surface area contributed by atoms with Crippen LogP contribution in [0.15, 0.2) is 29.2 Å². The minimum absolute atomic E-state index is 0.0854. The third-order valence-corrected chi connectivity index (χ3v) is 4.59. The van der Waals surface area contributed by atoms with Gasteiger partial charge >= 0.3 is 5.97 Å². The molecule has 0 aliphatic heterocycles. The fraction of sp³-hybridized carbons (Fsp3) is 0.429. The molecule has 0 saturated heterocycles. The SMILES string of the molecule is CCOC(=O)c1cccc(S(=O)(=O)NC(C)(COC)C(N)=O)c1. The van der Waals surface area contributed by atoms with Crippen molar-refractivity contribution in [3.8, 4) is 0 Å². The summed E-state index contributed by atoms with van der Waals surface area (Å²) in [5.41, 5.74) is 3.71. The van der Waals surface area contributed by atoms with Crippen molar-refractivity contribution >= 4 is 21.9 Å². The molecular formula is C14H20N2O6S.